The number of likely N-dealkylation sites (N-methyl/N-ethyl adjacent to an activating group) is 1. The number of hydrogen-bond acceptors (Lipinski definition) is 6. The Morgan fingerprint density at radius 2 is 1.85 bits per heavy atom. The predicted molar refractivity (Wildman–Crippen MR) is 164 cm³/mol. The van der Waals surface area contributed by atoms with E-state index >= 15 is 0 Å². The van der Waals surface area contributed by atoms with Crippen molar-refractivity contribution in [3.8, 4) is 11.4 Å². The second-order valence-corrected chi connectivity index (χ2v) is 10.1. The maximum atomic E-state index is 13.5. The van der Waals surface area contributed by atoms with Crippen molar-refractivity contribution >= 4 is 34.0 Å². The van der Waals surface area contributed by atoms with E-state index in [0.29, 0.717) is 16.6 Å². The van der Waals surface area contributed by atoms with Gasteiger partial charge in [0.2, 0.25) is 0 Å². The van der Waals surface area contributed by atoms with Gasteiger partial charge in [-0.25, -0.2) is 14.4 Å². The lowest BCUT2D eigenvalue weighted by atomic mass is 10.2. The topological polar surface area (TPSA) is 67.2 Å². The third-order valence-electron chi connectivity index (χ3n) is 7.01. The number of nitrogens with one attached hydrogen (secondary N) is 2. The van der Waals surface area contributed by atoms with E-state index in [-0.39, 0.29) is 12.4 Å². The summed E-state index contributed by atoms with van der Waals surface area (Å²) >= 11 is 6.52. The molecule has 0 fully saturated rings. The van der Waals surface area contributed by atoms with Gasteiger partial charge in [-0.2, -0.15) is 0 Å². The summed E-state index contributed by atoms with van der Waals surface area (Å²) in [7, 11) is 0. The van der Waals surface area contributed by atoms with Crippen molar-refractivity contribution in [2.75, 3.05) is 31.5 Å². The van der Waals surface area contributed by atoms with Crippen LogP contribution in [0.15, 0.2) is 85.3 Å². The number of aromatic nitrogens is 3. The summed E-state index contributed by atoms with van der Waals surface area (Å²) in [6, 6.07) is 22.1. The van der Waals surface area contributed by atoms with Gasteiger partial charge in [0.1, 0.15) is 30.3 Å². The molecule has 0 atom stereocenters. The van der Waals surface area contributed by atoms with Crippen LogP contribution in [-0.4, -0.2) is 45.6 Å². The standard InChI is InChI=1S/C32H34ClFN6O/c1-3-39(4-2)16-14-35-20-27-9-6-15-40(27)26-11-12-30-28(19-26)32(37-22-36-30)38-25-10-13-31(29(33)18-25)41-21-23-7-5-8-24(34)17-23/h5-13,15,17-19,22,35H,3-4,14,16,20-21H2,1-2H3,(H,36,37,38). The number of benzene rings is 3. The molecule has 0 aliphatic heterocycles. The largest absolute Gasteiger partial charge is 0.487 e. The van der Waals surface area contributed by atoms with Gasteiger partial charge < -0.3 is 24.8 Å². The van der Waals surface area contributed by atoms with Gasteiger partial charge in [-0.05, 0) is 79.3 Å². The molecule has 7 nitrogen and oxygen atoms in total. The second kappa shape index (κ2) is 13.6. The molecule has 0 bridgehead atoms. The Labute approximate surface area is 245 Å². The first-order chi connectivity index (χ1) is 20.0. The van der Waals surface area contributed by atoms with Crippen molar-refractivity contribution in [1.29, 1.82) is 0 Å². The fourth-order valence-corrected chi connectivity index (χ4v) is 4.96. The second-order valence-electron chi connectivity index (χ2n) is 9.69. The van der Waals surface area contributed by atoms with Crippen molar-refractivity contribution in [2.24, 2.45) is 0 Å². The zero-order valence-electron chi connectivity index (χ0n) is 23.3. The van der Waals surface area contributed by atoms with Crippen LogP contribution in [0, 0.1) is 5.82 Å². The van der Waals surface area contributed by atoms with Gasteiger partial charge in [0.25, 0.3) is 0 Å². The van der Waals surface area contributed by atoms with Gasteiger partial charge in [-0.15, -0.1) is 0 Å². The summed E-state index contributed by atoms with van der Waals surface area (Å²) < 4.78 is 21.5. The average molecular weight is 573 g/mol. The summed E-state index contributed by atoms with van der Waals surface area (Å²) in [6.07, 6.45) is 3.62. The van der Waals surface area contributed by atoms with E-state index in [2.05, 4.69) is 74.4 Å². The minimum Gasteiger partial charge on any atom is -0.487 e. The smallest absolute Gasteiger partial charge is 0.141 e. The molecule has 0 spiro atoms. The highest BCUT2D eigenvalue weighted by atomic mass is 35.5. The lowest BCUT2D eigenvalue weighted by Gasteiger charge is -2.18. The lowest BCUT2D eigenvalue weighted by Crippen LogP contribution is -2.31. The number of hydrogen-bond donors (Lipinski definition) is 2. The molecule has 5 aromatic rings. The predicted octanol–water partition coefficient (Wildman–Crippen LogP) is 6.97. The van der Waals surface area contributed by atoms with E-state index < -0.39 is 0 Å². The van der Waals surface area contributed by atoms with E-state index in [4.69, 9.17) is 16.3 Å². The Bertz CT molecular complexity index is 1600. The molecule has 212 valence electrons. The van der Waals surface area contributed by atoms with Crippen molar-refractivity contribution in [2.45, 2.75) is 27.0 Å². The maximum Gasteiger partial charge on any atom is 0.141 e. The van der Waals surface area contributed by atoms with Crippen LogP contribution in [0.5, 0.6) is 5.75 Å². The van der Waals surface area contributed by atoms with Gasteiger partial charge in [0.05, 0.1) is 10.5 Å². The Morgan fingerprint density at radius 1 is 0.976 bits per heavy atom. The van der Waals surface area contributed by atoms with Crippen LogP contribution in [0.2, 0.25) is 5.02 Å². The van der Waals surface area contributed by atoms with Crippen molar-refractivity contribution in [3.05, 3.63) is 107 Å². The SMILES string of the molecule is CCN(CC)CCNCc1cccn1-c1ccc2ncnc(Nc3ccc(OCc4cccc(F)c4)c(Cl)c3)c2c1. The molecule has 0 unspecified atom stereocenters. The molecule has 0 aliphatic rings. The van der Waals surface area contributed by atoms with Crippen LogP contribution in [0.25, 0.3) is 16.6 Å². The van der Waals surface area contributed by atoms with Crippen LogP contribution in [-0.2, 0) is 13.2 Å². The Hall–Kier alpha value is -3.98. The Kier molecular flexibility index (Phi) is 9.46. The lowest BCUT2D eigenvalue weighted by molar-refractivity contribution is 0.302. The number of halogens is 2. The van der Waals surface area contributed by atoms with Crippen LogP contribution in [0.4, 0.5) is 15.9 Å². The Morgan fingerprint density at radius 3 is 2.66 bits per heavy atom. The molecule has 0 amide bonds. The van der Waals surface area contributed by atoms with Crippen LogP contribution < -0.4 is 15.4 Å². The molecule has 0 aliphatic carbocycles. The van der Waals surface area contributed by atoms with Gasteiger partial charge in [-0.1, -0.05) is 37.6 Å². The normalized spacial score (nSPS) is 11.3. The fraction of sp³-hybridized carbons (Fsp3) is 0.250. The van der Waals surface area contributed by atoms with Crippen molar-refractivity contribution < 1.29 is 9.13 Å². The molecular weight excluding hydrogens is 539 g/mol. The maximum absolute atomic E-state index is 13.5. The highest BCUT2D eigenvalue weighted by Gasteiger charge is 2.11. The quantitative estimate of drug-likeness (QED) is 0.149. The summed E-state index contributed by atoms with van der Waals surface area (Å²) in [4.78, 5) is 11.4. The molecule has 3 aromatic carbocycles. The highest BCUT2D eigenvalue weighted by molar-refractivity contribution is 6.32. The van der Waals surface area contributed by atoms with Gasteiger partial charge in [-0.3, -0.25) is 0 Å². The van der Waals surface area contributed by atoms with E-state index in [1.165, 1.54) is 17.8 Å². The van der Waals surface area contributed by atoms with Crippen LogP contribution in [0.1, 0.15) is 25.1 Å². The minimum atomic E-state index is -0.299. The van der Waals surface area contributed by atoms with Gasteiger partial charge in [0.15, 0.2) is 0 Å². The summed E-state index contributed by atoms with van der Waals surface area (Å²) in [5, 5.41) is 8.28. The van der Waals surface area contributed by atoms with Crippen LogP contribution >= 0.6 is 11.6 Å². The summed E-state index contributed by atoms with van der Waals surface area (Å²) in [5.41, 5.74) is 4.53. The third-order valence-corrected chi connectivity index (χ3v) is 7.31. The first kappa shape index (κ1) is 28.5. The number of nitrogens with zero attached hydrogens (tertiary/aromatic N) is 4. The molecule has 0 saturated carbocycles. The minimum absolute atomic E-state index is 0.219. The van der Waals surface area contributed by atoms with E-state index in [0.717, 1.165) is 60.6 Å². The monoisotopic (exact) mass is 572 g/mol. The van der Waals surface area contributed by atoms with E-state index in [9.17, 15) is 4.39 Å². The number of fused-ring (bicyclic) bond motifs is 1. The fourth-order valence-electron chi connectivity index (χ4n) is 4.72. The van der Waals surface area contributed by atoms with Crippen LogP contribution in [0.3, 0.4) is 0 Å². The number of ether oxygens (including phenoxy) is 1. The third kappa shape index (κ3) is 7.21. The molecule has 2 N–H and O–H groups in total. The zero-order chi connectivity index (χ0) is 28.6. The van der Waals surface area contributed by atoms with Gasteiger partial charge >= 0.3 is 0 Å². The summed E-state index contributed by atoms with van der Waals surface area (Å²) in [5.74, 6) is 0.891. The molecule has 2 aromatic heterocycles. The molecule has 41 heavy (non-hydrogen) atoms. The molecule has 9 heteroatoms. The molecule has 0 radical (unpaired) electrons. The summed E-state index contributed by atoms with van der Waals surface area (Å²) in [6.45, 7) is 9.46. The van der Waals surface area contributed by atoms with E-state index in [1.807, 2.05) is 18.2 Å². The zero-order valence-corrected chi connectivity index (χ0v) is 24.0. The number of anilines is 2. The molecule has 2 heterocycles. The molecule has 5 rings (SSSR count). The number of rotatable bonds is 13. The highest BCUT2D eigenvalue weighted by Crippen LogP contribution is 2.31. The molecule has 0 saturated heterocycles. The Balaban J connectivity index is 1.30. The van der Waals surface area contributed by atoms with E-state index in [1.54, 1.807) is 24.5 Å². The molecular formula is C32H34ClFN6O. The first-order valence-electron chi connectivity index (χ1n) is 13.8. The average Bonchev–Trinajstić information content (AvgIpc) is 3.45. The van der Waals surface area contributed by atoms with Crippen molar-refractivity contribution in [3.63, 3.8) is 0 Å². The van der Waals surface area contributed by atoms with Gasteiger partial charge in [0, 0.05) is 48.3 Å². The first-order valence-corrected chi connectivity index (χ1v) is 14.2. The van der Waals surface area contributed by atoms with Crippen molar-refractivity contribution in [1.82, 2.24) is 24.8 Å².